The third-order valence-electron chi connectivity index (χ3n) is 2.43. The van der Waals surface area contributed by atoms with Crippen molar-refractivity contribution in [3.8, 4) is 0 Å². The largest absolute Gasteiger partial charge is 0.351 e. The van der Waals surface area contributed by atoms with Crippen LogP contribution in [-0.2, 0) is 10.8 Å². The summed E-state index contributed by atoms with van der Waals surface area (Å²) in [6.45, 7) is 6.11. The number of rotatable bonds is 4. The van der Waals surface area contributed by atoms with Gasteiger partial charge in [-0.25, -0.2) is 0 Å². The third kappa shape index (κ3) is 5.24. The predicted molar refractivity (Wildman–Crippen MR) is 84.2 cm³/mol. The summed E-state index contributed by atoms with van der Waals surface area (Å²) >= 11 is 9.26. The van der Waals surface area contributed by atoms with Gasteiger partial charge in [-0.1, -0.05) is 27.5 Å². The maximum absolute atomic E-state index is 11.9. The van der Waals surface area contributed by atoms with Crippen molar-refractivity contribution in [1.29, 1.82) is 0 Å². The smallest absolute Gasteiger partial charge is 0.252 e. The Kier molecular flexibility index (Phi) is 6.02. The van der Waals surface area contributed by atoms with E-state index in [1.165, 1.54) is 0 Å². The van der Waals surface area contributed by atoms with Gasteiger partial charge in [0, 0.05) is 32.3 Å². The van der Waals surface area contributed by atoms with E-state index >= 15 is 0 Å². The zero-order chi connectivity index (χ0) is 14.6. The first-order valence-corrected chi connectivity index (χ1v) is 8.32. The van der Waals surface area contributed by atoms with Gasteiger partial charge in [-0.05, 0) is 39.0 Å². The fraction of sp³-hybridized carbons (Fsp3) is 0.462. The van der Waals surface area contributed by atoms with Gasteiger partial charge in [-0.15, -0.1) is 0 Å². The van der Waals surface area contributed by atoms with E-state index in [9.17, 15) is 9.00 Å². The molecule has 1 atom stereocenters. The molecule has 0 fully saturated rings. The number of benzene rings is 1. The SMILES string of the molecule is CC(C)(C)S(=O)CCNC(=O)c1cc(Br)ccc1Cl. The molecule has 0 radical (unpaired) electrons. The van der Waals surface area contributed by atoms with Crippen molar-refractivity contribution in [3.05, 3.63) is 33.3 Å². The van der Waals surface area contributed by atoms with E-state index in [2.05, 4.69) is 21.2 Å². The minimum Gasteiger partial charge on any atom is -0.351 e. The Hall–Kier alpha value is -0.390. The van der Waals surface area contributed by atoms with E-state index in [1.807, 2.05) is 20.8 Å². The highest BCUT2D eigenvalue weighted by atomic mass is 79.9. The van der Waals surface area contributed by atoms with E-state index in [0.29, 0.717) is 22.9 Å². The summed E-state index contributed by atoms with van der Waals surface area (Å²) in [5, 5.41) is 3.13. The molecule has 106 valence electrons. The normalized spacial score (nSPS) is 13.1. The highest BCUT2D eigenvalue weighted by Gasteiger charge is 2.19. The molecule has 0 aliphatic rings. The van der Waals surface area contributed by atoms with Crippen LogP contribution in [0.25, 0.3) is 0 Å². The fourth-order valence-corrected chi connectivity index (χ4v) is 2.79. The number of amides is 1. The van der Waals surface area contributed by atoms with Crippen LogP contribution >= 0.6 is 27.5 Å². The van der Waals surface area contributed by atoms with Gasteiger partial charge >= 0.3 is 0 Å². The number of nitrogens with one attached hydrogen (secondary N) is 1. The van der Waals surface area contributed by atoms with Crippen molar-refractivity contribution in [2.24, 2.45) is 0 Å². The van der Waals surface area contributed by atoms with Crippen molar-refractivity contribution >= 4 is 44.2 Å². The topological polar surface area (TPSA) is 46.2 Å². The van der Waals surface area contributed by atoms with Gasteiger partial charge in [0.15, 0.2) is 0 Å². The van der Waals surface area contributed by atoms with E-state index in [4.69, 9.17) is 11.6 Å². The first-order chi connectivity index (χ1) is 8.71. The monoisotopic (exact) mass is 365 g/mol. The van der Waals surface area contributed by atoms with Gasteiger partial charge in [0.05, 0.1) is 10.6 Å². The number of hydrogen-bond donors (Lipinski definition) is 1. The molecular formula is C13H17BrClNO2S. The van der Waals surface area contributed by atoms with E-state index in [1.54, 1.807) is 18.2 Å². The van der Waals surface area contributed by atoms with Gasteiger partial charge in [0.2, 0.25) is 0 Å². The van der Waals surface area contributed by atoms with Crippen LogP contribution in [0.5, 0.6) is 0 Å². The number of halogens is 2. The molecule has 1 amide bonds. The second kappa shape index (κ2) is 6.86. The number of carbonyl (C=O) groups is 1. The third-order valence-corrected chi connectivity index (χ3v) is 5.19. The lowest BCUT2D eigenvalue weighted by molar-refractivity contribution is 0.0956. The summed E-state index contributed by atoms with van der Waals surface area (Å²) in [4.78, 5) is 11.9. The Morgan fingerprint density at radius 3 is 2.63 bits per heavy atom. The Morgan fingerprint density at radius 2 is 2.05 bits per heavy atom. The molecular weight excluding hydrogens is 350 g/mol. The van der Waals surface area contributed by atoms with Crippen LogP contribution in [0.2, 0.25) is 5.02 Å². The molecule has 0 heterocycles. The summed E-state index contributed by atoms with van der Waals surface area (Å²) in [5.41, 5.74) is 0.414. The molecule has 0 saturated heterocycles. The number of hydrogen-bond acceptors (Lipinski definition) is 2. The lowest BCUT2D eigenvalue weighted by atomic mass is 10.2. The van der Waals surface area contributed by atoms with E-state index < -0.39 is 10.8 Å². The molecule has 1 rings (SSSR count). The average molecular weight is 367 g/mol. The summed E-state index contributed by atoms with van der Waals surface area (Å²) in [5.74, 6) is 0.179. The van der Waals surface area contributed by atoms with Gasteiger partial charge < -0.3 is 5.32 Å². The summed E-state index contributed by atoms with van der Waals surface area (Å²) in [7, 11) is -0.977. The van der Waals surface area contributed by atoms with Crippen LogP contribution in [0.3, 0.4) is 0 Å². The highest BCUT2D eigenvalue weighted by molar-refractivity contribution is 9.10. The van der Waals surface area contributed by atoms with E-state index in [-0.39, 0.29) is 10.7 Å². The second-order valence-corrected chi connectivity index (χ2v) is 8.69. The quantitative estimate of drug-likeness (QED) is 0.888. The molecule has 1 aromatic carbocycles. The van der Waals surface area contributed by atoms with Crippen LogP contribution in [0.15, 0.2) is 22.7 Å². The Balaban J connectivity index is 2.57. The fourth-order valence-electron chi connectivity index (χ4n) is 1.33. The lowest BCUT2D eigenvalue weighted by Crippen LogP contribution is -2.32. The van der Waals surface area contributed by atoms with Crippen molar-refractivity contribution in [1.82, 2.24) is 5.32 Å². The summed E-state index contributed by atoms with van der Waals surface area (Å²) in [6, 6.07) is 5.10. The molecule has 0 aliphatic heterocycles. The van der Waals surface area contributed by atoms with Crippen molar-refractivity contribution < 1.29 is 9.00 Å². The van der Waals surface area contributed by atoms with Crippen LogP contribution in [0.1, 0.15) is 31.1 Å². The molecule has 0 saturated carbocycles. The van der Waals surface area contributed by atoms with Crippen molar-refractivity contribution in [3.63, 3.8) is 0 Å². The van der Waals surface area contributed by atoms with Crippen LogP contribution in [-0.4, -0.2) is 27.2 Å². The lowest BCUT2D eigenvalue weighted by Gasteiger charge is -2.17. The number of carbonyl (C=O) groups excluding carboxylic acids is 1. The molecule has 1 unspecified atom stereocenters. The molecule has 0 aromatic heterocycles. The molecule has 19 heavy (non-hydrogen) atoms. The zero-order valence-corrected chi connectivity index (χ0v) is 14.3. The molecule has 0 bridgehead atoms. The summed E-state index contributed by atoms with van der Waals surface area (Å²) < 4.78 is 12.4. The minimum absolute atomic E-state index is 0.253. The maximum atomic E-state index is 11.9. The molecule has 0 aliphatic carbocycles. The standard InChI is InChI=1S/C13H17BrClNO2S/c1-13(2,3)19(18)7-6-16-12(17)10-8-9(14)4-5-11(10)15/h4-5,8H,6-7H2,1-3H3,(H,16,17). The minimum atomic E-state index is -0.977. The first-order valence-electron chi connectivity index (χ1n) is 5.83. The Morgan fingerprint density at radius 1 is 1.42 bits per heavy atom. The average Bonchev–Trinajstić information content (AvgIpc) is 2.30. The van der Waals surface area contributed by atoms with Gasteiger partial charge in [0.1, 0.15) is 0 Å². The predicted octanol–water partition coefficient (Wildman–Crippen LogP) is 3.38. The highest BCUT2D eigenvalue weighted by Crippen LogP contribution is 2.20. The molecule has 6 heteroatoms. The molecule has 0 spiro atoms. The van der Waals surface area contributed by atoms with Gasteiger partial charge in [-0.3, -0.25) is 9.00 Å². The maximum Gasteiger partial charge on any atom is 0.252 e. The molecule has 1 aromatic rings. The van der Waals surface area contributed by atoms with Gasteiger partial charge in [-0.2, -0.15) is 0 Å². The zero-order valence-electron chi connectivity index (χ0n) is 11.1. The Labute approximate surface area is 129 Å². The van der Waals surface area contributed by atoms with E-state index in [0.717, 1.165) is 4.47 Å². The first kappa shape index (κ1) is 16.7. The van der Waals surface area contributed by atoms with Crippen LogP contribution < -0.4 is 5.32 Å². The molecule has 1 N–H and O–H groups in total. The van der Waals surface area contributed by atoms with Gasteiger partial charge in [0.25, 0.3) is 5.91 Å². The Bertz CT molecular complexity index is 500. The van der Waals surface area contributed by atoms with Crippen molar-refractivity contribution in [2.75, 3.05) is 12.3 Å². The van der Waals surface area contributed by atoms with Crippen LogP contribution in [0, 0.1) is 0 Å². The van der Waals surface area contributed by atoms with Crippen LogP contribution in [0.4, 0.5) is 0 Å². The molecule has 3 nitrogen and oxygen atoms in total. The second-order valence-electron chi connectivity index (χ2n) is 5.04. The summed E-state index contributed by atoms with van der Waals surface area (Å²) in [6.07, 6.45) is 0. The van der Waals surface area contributed by atoms with Crippen molar-refractivity contribution in [2.45, 2.75) is 25.5 Å².